The van der Waals surface area contributed by atoms with Gasteiger partial charge in [-0.2, -0.15) is 13.2 Å². The van der Waals surface area contributed by atoms with E-state index in [1.165, 1.54) is 16.7 Å². The van der Waals surface area contributed by atoms with Gasteiger partial charge in [-0.15, -0.1) is 0 Å². The maximum absolute atomic E-state index is 13.1. The molecule has 2 aromatic rings. The fourth-order valence-electron chi connectivity index (χ4n) is 3.77. The predicted octanol–water partition coefficient (Wildman–Crippen LogP) is 2.29. The van der Waals surface area contributed by atoms with Crippen molar-refractivity contribution >= 4 is 16.9 Å². The number of alkyl halides is 3. The normalized spacial score (nSPS) is 23.8. The summed E-state index contributed by atoms with van der Waals surface area (Å²) in [7, 11) is 1.58. The third-order valence-electron chi connectivity index (χ3n) is 5.20. The van der Waals surface area contributed by atoms with Gasteiger partial charge in [-0.3, -0.25) is 9.36 Å². The van der Waals surface area contributed by atoms with Crippen LogP contribution in [0.3, 0.4) is 0 Å². The lowest BCUT2D eigenvalue weighted by molar-refractivity contribution is -0.206. The number of piperidine rings is 1. The van der Waals surface area contributed by atoms with Crippen LogP contribution in [0.2, 0.25) is 0 Å². The van der Waals surface area contributed by atoms with E-state index in [0.717, 1.165) is 19.5 Å². The minimum Gasteiger partial charge on any atom is -0.379 e. The first-order valence-electron chi connectivity index (χ1n) is 8.18. The third-order valence-corrected chi connectivity index (χ3v) is 5.20. The number of nitrogens with zero attached hydrogens (tertiary/aromatic N) is 3. The summed E-state index contributed by atoms with van der Waals surface area (Å²) in [5.74, 6) is 1.54. The van der Waals surface area contributed by atoms with Gasteiger partial charge in [0.1, 0.15) is 0 Å². The molecule has 1 aromatic heterocycles. The molecule has 0 spiro atoms. The molecular weight excluding hydrogens is 335 g/mol. The summed E-state index contributed by atoms with van der Waals surface area (Å²) < 4.78 is 40.6. The summed E-state index contributed by atoms with van der Waals surface area (Å²) in [5.41, 5.74) is -0.375. The van der Waals surface area contributed by atoms with E-state index in [9.17, 15) is 23.1 Å². The monoisotopic (exact) mass is 353 g/mol. The van der Waals surface area contributed by atoms with Gasteiger partial charge in [0.2, 0.25) is 5.95 Å². The summed E-state index contributed by atoms with van der Waals surface area (Å²) in [6.07, 6.45) is -6.33. The van der Waals surface area contributed by atoms with Crippen LogP contribution >= 0.6 is 0 Å². The number of hydrogen-bond donors (Lipinski definition) is 1. The number of aliphatic hydroxyl groups is 1. The zero-order valence-electron chi connectivity index (χ0n) is 13.8. The van der Waals surface area contributed by atoms with Crippen LogP contribution in [0.15, 0.2) is 16.9 Å². The van der Waals surface area contributed by atoms with Gasteiger partial charge in [-0.1, -0.05) is 6.07 Å². The van der Waals surface area contributed by atoms with E-state index in [2.05, 4.69) is 4.98 Å². The largest absolute Gasteiger partial charge is 0.418 e. The third kappa shape index (κ3) is 2.59. The van der Waals surface area contributed by atoms with Crippen LogP contribution in [0.25, 0.3) is 10.9 Å². The number of halogens is 3. The zero-order chi connectivity index (χ0) is 18.1. The second-order valence-electron chi connectivity index (χ2n) is 7.13. The number of rotatable bonds is 2. The van der Waals surface area contributed by atoms with E-state index < -0.39 is 17.8 Å². The van der Waals surface area contributed by atoms with E-state index in [0.29, 0.717) is 23.3 Å². The summed E-state index contributed by atoms with van der Waals surface area (Å²) in [6.45, 7) is 3.12. The first-order valence-corrected chi connectivity index (χ1v) is 8.18. The van der Waals surface area contributed by atoms with Gasteiger partial charge in [-0.25, -0.2) is 4.98 Å². The zero-order valence-corrected chi connectivity index (χ0v) is 13.8. The van der Waals surface area contributed by atoms with Gasteiger partial charge in [0.05, 0.1) is 10.9 Å². The molecule has 2 fully saturated rings. The van der Waals surface area contributed by atoms with Crippen LogP contribution in [0.4, 0.5) is 19.1 Å². The van der Waals surface area contributed by atoms with Gasteiger partial charge in [0.25, 0.3) is 5.56 Å². The molecule has 1 aromatic carbocycles. The molecule has 0 bridgehead atoms. The average molecular weight is 353 g/mol. The molecule has 1 N–H and O–H groups in total. The van der Waals surface area contributed by atoms with Crippen molar-refractivity contribution in [1.82, 2.24) is 9.55 Å². The molecule has 5 nitrogen and oxygen atoms in total. The van der Waals surface area contributed by atoms with Crippen molar-refractivity contribution in [3.8, 4) is 0 Å². The highest BCUT2D eigenvalue weighted by Gasteiger charge is 2.46. The Bertz CT molecular complexity index is 912. The lowest BCUT2D eigenvalue weighted by atomic mass is 10.0. The molecular formula is C17H18F3N3O2. The Hall–Kier alpha value is -2.09. The molecule has 3 unspecified atom stereocenters. The Morgan fingerprint density at radius 2 is 1.92 bits per heavy atom. The number of hydrogen-bond acceptors (Lipinski definition) is 4. The number of aryl methyl sites for hydroxylation is 1. The van der Waals surface area contributed by atoms with Gasteiger partial charge in [0.15, 0.2) is 6.10 Å². The quantitative estimate of drug-likeness (QED) is 0.900. The minimum atomic E-state index is -4.82. The average Bonchev–Trinajstić information content (AvgIpc) is 3.15. The maximum atomic E-state index is 13.1. The number of aliphatic hydroxyl groups excluding tert-OH is 1. The molecule has 0 amide bonds. The summed E-state index contributed by atoms with van der Waals surface area (Å²) in [4.78, 5) is 19.0. The van der Waals surface area contributed by atoms with E-state index in [-0.39, 0.29) is 16.5 Å². The Labute approximate surface area is 141 Å². The van der Waals surface area contributed by atoms with E-state index in [4.69, 9.17) is 0 Å². The molecule has 3 atom stereocenters. The molecule has 1 aliphatic heterocycles. The fourth-order valence-corrected chi connectivity index (χ4v) is 3.77. The highest BCUT2D eigenvalue weighted by molar-refractivity contribution is 5.83. The smallest absolute Gasteiger partial charge is 0.379 e. The predicted molar refractivity (Wildman–Crippen MR) is 86.5 cm³/mol. The highest BCUT2D eigenvalue weighted by atomic mass is 19.4. The van der Waals surface area contributed by atoms with Crippen molar-refractivity contribution < 1.29 is 18.3 Å². The molecule has 4 rings (SSSR count). The number of anilines is 1. The van der Waals surface area contributed by atoms with Gasteiger partial charge >= 0.3 is 6.18 Å². The van der Waals surface area contributed by atoms with Gasteiger partial charge in [-0.05, 0) is 36.8 Å². The summed E-state index contributed by atoms with van der Waals surface area (Å²) in [5, 5.41) is 9.85. The van der Waals surface area contributed by atoms with E-state index in [1.54, 1.807) is 14.0 Å². The Morgan fingerprint density at radius 3 is 2.52 bits per heavy atom. The van der Waals surface area contributed by atoms with Crippen molar-refractivity contribution in [1.29, 1.82) is 0 Å². The topological polar surface area (TPSA) is 58.4 Å². The molecule has 1 saturated heterocycles. The highest BCUT2D eigenvalue weighted by Crippen LogP contribution is 2.46. The first-order chi connectivity index (χ1) is 11.7. The second-order valence-corrected chi connectivity index (χ2v) is 7.13. The lowest BCUT2D eigenvalue weighted by Gasteiger charge is -2.23. The Kier molecular flexibility index (Phi) is 3.41. The van der Waals surface area contributed by atoms with Crippen LogP contribution in [0.5, 0.6) is 0 Å². The molecule has 2 aliphatic rings. The van der Waals surface area contributed by atoms with Crippen molar-refractivity contribution in [2.24, 2.45) is 18.9 Å². The minimum absolute atomic E-state index is 0.0749. The lowest BCUT2D eigenvalue weighted by Crippen LogP contribution is -2.32. The first kappa shape index (κ1) is 16.4. The van der Waals surface area contributed by atoms with Crippen molar-refractivity contribution in [3.63, 3.8) is 0 Å². The van der Waals surface area contributed by atoms with Crippen LogP contribution in [-0.4, -0.2) is 33.9 Å². The van der Waals surface area contributed by atoms with Crippen LogP contribution < -0.4 is 10.5 Å². The molecule has 2 heterocycles. The van der Waals surface area contributed by atoms with Crippen molar-refractivity contribution in [2.75, 3.05) is 18.0 Å². The van der Waals surface area contributed by atoms with Crippen LogP contribution in [0, 0.1) is 18.8 Å². The Morgan fingerprint density at radius 1 is 1.28 bits per heavy atom. The SMILES string of the molecule is Cc1cc(C(O)C(F)(F)F)c2nc(N3CC4CC4C3)n(C)c(=O)c2c1. The van der Waals surface area contributed by atoms with E-state index in [1.807, 2.05) is 4.90 Å². The molecule has 0 radical (unpaired) electrons. The number of fused-ring (bicyclic) bond motifs is 2. The van der Waals surface area contributed by atoms with Gasteiger partial charge in [0, 0.05) is 25.7 Å². The maximum Gasteiger partial charge on any atom is 0.418 e. The van der Waals surface area contributed by atoms with E-state index >= 15 is 0 Å². The standard InChI is InChI=1S/C17H18F3N3O2/c1-8-3-11(14(24)17(18,19)20)13-12(4-8)15(25)22(2)16(21-13)23-6-9-5-10(9)7-23/h3-4,9-10,14,24H,5-7H2,1-2H3. The molecule has 1 saturated carbocycles. The second kappa shape index (κ2) is 5.20. The molecule has 8 heteroatoms. The number of benzene rings is 1. The molecule has 134 valence electrons. The van der Waals surface area contributed by atoms with Crippen LogP contribution in [0.1, 0.15) is 23.7 Å². The van der Waals surface area contributed by atoms with Crippen LogP contribution in [-0.2, 0) is 7.05 Å². The van der Waals surface area contributed by atoms with Gasteiger partial charge < -0.3 is 10.0 Å². The molecule has 25 heavy (non-hydrogen) atoms. The van der Waals surface area contributed by atoms with Crippen molar-refractivity contribution in [2.45, 2.75) is 25.6 Å². The summed E-state index contributed by atoms with van der Waals surface area (Å²) in [6, 6.07) is 2.76. The Balaban J connectivity index is 1.93. The number of aromatic nitrogens is 2. The molecule has 1 aliphatic carbocycles. The summed E-state index contributed by atoms with van der Waals surface area (Å²) >= 11 is 0. The fraction of sp³-hybridized carbons (Fsp3) is 0.529. The van der Waals surface area contributed by atoms with Crippen molar-refractivity contribution in [3.05, 3.63) is 33.6 Å².